The SMILES string of the molecule is COc1ccc2nc(NC(=O)c3cccc(F)n3)sc2c1. The molecule has 5 nitrogen and oxygen atoms in total. The third-order valence-corrected chi connectivity index (χ3v) is 3.70. The number of rotatable bonds is 3. The zero-order chi connectivity index (χ0) is 14.8. The van der Waals surface area contributed by atoms with Gasteiger partial charge in [-0.05, 0) is 30.3 Å². The van der Waals surface area contributed by atoms with Crippen molar-refractivity contribution in [3.63, 3.8) is 0 Å². The van der Waals surface area contributed by atoms with Gasteiger partial charge in [0.15, 0.2) is 5.13 Å². The fourth-order valence-corrected chi connectivity index (χ4v) is 2.67. The lowest BCUT2D eigenvalue weighted by Gasteiger charge is -2.00. The number of methoxy groups -OCH3 is 1. The van der Waals surface area contributed by atoms with Gasteiger partial charge in [0, 0.05) is 0 Å². The Bertz CT molecular complexity index is 819. The first-order chi connectivity index (χ1) is 10.2. The predicted molar refractivity (Wildman–Crippen MR) is 78.3 cm³/mol. The van der Waals surface area contributed by atoms with Crippen LogP contribution in [0.2, 0.25) is 0 Å². The van der Waals surface area contributed by atoms with Crippen molar-refractivity contribution in [3.05, 3.63) is 48.0 Å². The van der Waals surface area contributed by atoms with Gasteiger partial charge in [-0.25, -0.2) is 9.97 Å². The second kappa shape index (κ2) is 5.45. The molecule has 2 heterocycles. The number of halogens is 1. The molecule has 1 amide bonds. The van der Waals surface area contributed by atoms with Gasteiger partial charge in [0.1, 0.15) is 11.4 Å². The highest BCUT2D eigenvalue weighted by molar-refractivity contribution is 7.22. The molecule has 1 aromatic carbocycles. The standard InChI is InChI=1S/C14H10FN3O2S/c1-20-8-5-6-9-11(7-8)21-14(17-9)18-13(19)10-3-2-4-12(15)16-10/h2-7H,1H3,(H,17,18,19). The van der Waals surface area contributed by atoms with E-state index in [0.717, 1.165) is 16.0 Å². The number of hydrogen-bond acceptors (Lipinski definition) is 5. The Balaban J connectivity index is 1.86. The molecule has 0 spiro atoms. The molecule has 1 N–H and O–H groups in total. The average molecular weight is 303 g/mol. The molecule has 3 aromatic rings. The molecular weight excluding hydrogens is 293 g/mol. The van der Waals surface area contributed by atoms with Crippen LogP contribution in [-0.2, 0) is 0 Å². The number of pyridine rings is 1. The number of hydrogen-bond donors (Lipinski definition) is 1. The maximum Gasteiger partial charge on any atom is 0.276 e. The first-order valence-corrected chi connectivity index (χ1v) is 6.86. The van der Waals surface area contributed by atoms with Crippen LogP contribution < -0.4 is 10.1 Å². The first kappa shape index (κ1) is 13.4. The van der Waals surface area contributed by atoms with Crippen molar-refractivity contribution < 1.29 is 13.9 Å². The number of carbonyl (C=O) groups excluding carboxylic acids is 1. The summed E-state index contributed by atoms with van der Waals surface area (Å²) in [4.78, 5) is 19.8. The molecule has 0 radical (unpaired) electrons. The van der Waals surface area contributed by atoms with Crippen molar-refractivity contribution in [2.75, 3.05) is 12.4 Å². The average Bonchev–Trinajstić information content (AvgIpc) is 2.88. The van der Waals surface area contributed by atoms with E-state index in [1.807, 2.05) is 6.07 Å². The van der Waals surface area contributed by atoms with Crippen LogP contribution in [0.5, 0.6) is 5.75 Å². The summed E-state index contributed by atoms with van der Waals surface area (Å²) >= 11 is 1.31. The maximum absolute atomic E-state index is 13.0. The molecule has 0 atom stereocenters. The summed E-state index contributed by atoms with van der Waals surface area (Å²) in [5.74, 6) is -0.479. The van der Waals surface area contributed by atoms with Gasteiger partial charge in [0.2, 0.25) is 5.95 Å². The number of nitrogens with zero attached hydrogens (tertiary/aromatic N) is 2. The van der Waals surface area contributed by atoms with Gasteiger partial charge in [-0.1, -0.05) is 17.4 Å². The smallest absolute Gasteiger partial charge is 0.276 e. The number of aromatic nitrogens is 2. The summed E-state index contributed by atoms with van der Waals surface area (Å²) in [6, 6.07) is 9.49. The summed E-state index contributed by atoms with van der Waals surface area (Å²) in [5, 5.41) is 3.04. The lowest BCUT2D eigenvalue weighted by Crippen LogP contribution is -2.13. The van der Waals surface area contributed by atoms with Gasteiger partial charge < -0.3 is 4.74 Å². The van der Waals surface area contributed by atoms with Crippen molar-refractivity contribution >= 4 is 32.6 Å². The monoisotopic (exact) mass is 303 g/mol. The number of ether oxygens (including phenoxy) is 1. The van der Waals surface area contributed by atoms with E-state index >= 15 is 0 Å². The van der Waals surface area contributed by atoms with Gasteiger partial charge >= 0.3 is 0 Å². The molecule has 0 aliphatic heterocycles. The molecule has 0 aliphatic rings. The minimum absolute atomic E-state index is 0.00633. The minimum atomic E-state index is -0.698. The summed E-state index contributed by atoms with van der Waals surface area (Å²) in [5.41, 5.74) is 0.759. The Morgan fingerprint density at radius 1 is 1.29 bits per heavy atom. The second-order valence-electron chi connectivity index (χ2n) is 4.15. The molecule has 2 aromatic heterocycles. The van der Waals surface area contributed by atoms with Gasteiger partial charge in [0.05, 0.1) is 17.3 Å². The van der Waals surface area contributed by atoms with E-state index < -0.39 is 11.9 Å². The van der Waals surface area contributed by atoms with Crippen LogP contribution in [0.15, 0.2) is 36.4 Å². The summed E-state index contributed by atoms with van der Waals surface area (Å²) < 4.78 is 19.0. The molecule has 21 heavy (non-hydrogen) atoms. The van der Waals surface area contributed by atoms with E-state index in [9.17, 15) is 9.18 Å². The number of thiazole rings is 1. The van der Waals surface area contributed by atoms with E-state index in [1.54, 1.807) is 19.2 Å². The number of fused-ring (bicyclic) bond motifs is 1. The zero-order valence-electron chi connectivity index (χ0n) is 11.0. The van der Waals surface area contributed by atoms with Crippen LogP contribution in [0.1, 0.15) is 10.5 Å². The third-order valence-electron chi connectivity index (χ3n) is 2.76. The fraction of sp³-hybridized carbons (Fsp3) is 0.0714. The third kappa shape index (κ3) is 2.82. The minimum Gasteiger partial charge on any atom is -0.497 e. The van der Waals surface area contributed by atoms with E-state index in [0.29, 0.717) is 5.13 Å². The number of nitrogens with one attached hydrogen (secondary N) is 1. The largest absolute Gasteiger partial charge is 0.497 e. The Hall–Kier alpha value is -2.54. The van der Waals surface area contributed by atoms with Crippen LogP contribution in [0.4, 0.5) is 9.52 Å². The molecular formula is C14H10FN3O2S. The van der Waals surface area contributed by atoms with Crippen LogP contribution in [0, 0.1) is 5.95 Å². The highest BCUT2D eigenvalue weighted by Crippen LogP contribution is 2.29. The summed E-state index contributed by atoms with van der Waals surface area (Å²) in [6.45, 7) is 0. The first-order valence-electron chi connectivity index (χ1n) is 6.04. The number of benzene rings is 1. The molecule has 0 aliphatic carbocycles. The lowest BCUT2D eigenvalue weighted by atomic mass is 10.3. The maximum atomic E-state index is 13.0. The van der Waals surface area contributed by atoms with E-state index in [2.05, 4.69) is 15.3 Å². The molecule has 3 rings (SSSR count). The highest BCUT2D eigenvalue weighted by atomic mass is 32.1. The van der Waals surface area contributed by atoms with E-state index in [4.69, 9.17) is 4.74 Å². The fourth-order valence-electron chi connectivity index (χ4n) is 1.78. The molecule has 0 bridgehead atoms. The number of carbonyl (C=O) groups is 1. The van der Waals surface area contributed by atoms with Gasteiger partial charge in [-0.2, -0.15) is 4.39 Å². The summed E-state index contributed by atoms with van der Waals surface area (Å²) in [6.07, 6.45) is 0. The topological polar surface area (TPSA) is 64.1 Å². The number of anilines is 1. The Morgan fingerprint density at radius 3 is 2.90 bits per heavy atom. The lowest BCUT2D eigenvalue weighted by molar-refractivity contribution is 0.102. The van der Waals surface area contributed by atoms with Crippen molar-refractivity contribution in [1.82, 2.24) is 9.97 Å². The Labute approximate surface area is 123 Å². The van der Waals surface area contributed by atoms with Gasteiger partial charge in [0.25, 0.3) is 5.91 Å². The normalized spacial score (nSPS) is 10.6. The molecule has 0 saturated heterocycles. The van der Waals surface area contributed by atoms with Crippen molar-refractivity contribution in [1.29, 1.82) is 0 Å². The number of amides is 1. The van der Waals surface area contributed by atoms with Crippen molar-refractivity contribution in [2.24, 2.45) is 0 Å². The molecule has 0 unspecified atom stereocenters. The molecule has 0 saturated carbocycles. The van der Waals surface area contributed by atoms with Crippen LogP contribution in [-0.4, -0.2) is 23.0 Å². The van der Waals surface area contributed by atoms with Gasteiger partial charge in [-0.15, -0.1) is 0 Å². The van der Waals surface area contributed by atoms with Crippen LogP contribution in [0.25, 0.3) is 10.2 Å². The van der Waals surface area contributed by atoms with E-state index in [1.165, 1.54) is 29.5 Å². The van der Waals surface area contributed by atoms with E-state index in [-0.39, 0.29) is 5.69 Å². The molecule has 106 valence electrons. The van der Waals surface area contributed by atoms with Crippen molar-refractivity contribution in [2.45, 2.75) is 0 Å². The Kier molecular flexibility index (Phi) is 3.49. The van der Waals surface area contributed by atoms with Crippen LogP contribution >= 0.6 is 11.3 Å². The quantitative estimate of drug-likeness (QED) is 0.755. The van der Waals surface area contributed by atoms with Gasteiger partial charge in [-0.3, -0.25) is 10.1 Å². The molecule has 7 heteroatoms. The van der Waals surface area contributed by atoms with Crippen molar-refractivity contribution in [3.8, 4) is 5.75 Å². The highest BCUT2D eigenvalue weighted by Gasteiger charge is 2.12. The Morgan fingerprint density at radius 2 is 2.14 bits per heavy atom. The molecule has 0 fully saturated rings. The zero-order valence-corrected chi connectivity index (χ0v) is 11.8. The summed E-state index contributed by atoms with van der Waals surface area (Å²) in [7, 11) is 1.58. The predicted octanol–water partition coefficient (Wildman–Crippen LogP) is 3.09. The second-order valence-corrected chi connectivity index (χ2v) is 5.18. The van der Waals surface area contributed by atoms with Crippen LogP contribution in [0.3, 0.4) is 0 Å².